The predicted octanol–water partition coefficient (Wildman–Crippen LogP) is 3.60. The van der Waals surface area contributed by atoms with Crippen LogP contribution < -0.4 is 16.4 Å². The van der Waals surface area contributed by atoms with Crippen LogP contribution in [-0.4, -0.2) is 29.8 Å². The SMILES string of the molecule is CC(C)(C)OC(=O)NCCCCNc1c(N)cnc2ccsc12. The summed E-state index contributed by atoms with van der Waals surface area (Å²) in [5, 5.41) is 8.13. The summed E-state index contributed by atoms with van der Waals surface area (Å²) in [6, 6.07) is 1.98. The molecule has 0 spiro atoms. The van der Waals surface area contributed by atoms with E-state index in [2.05, 4.69) is 15.6 Å². The molecule has 126 valence electrons. The Hall–Kier alpha value is -2.02. The monoisotopic (exact) mass is 336 g/mol. The van der Waals surface area contributed by atoms with E-state index in [-0.39, 0.29) is 6.09 Å². The van der Waals surface area contributed by atoms with Crippen LogP contribution in [0.3, 0.4) is 0 Å². The Morgan fingerprint density at radius 3 is 2.83 bits per heavy atom. The second-order valence-corrected chi connectivity index (χ2v) is 7.20. The highest BCUT2D eigenvalue weighted by molar-refractivity contribution is 7.17. The molecule has 2 heterocycles. The van der Waals surface area contributed by atoms with Crippen molar-refractivity contribution in [2.45, 2.75) is 39.2 Å². The zero-order valence-corrected chi connectivity index (χ0v) is 14.6. The van der Waals surface area contributed by atoms with Crippen molar-refractivity contribution in [3.63, 3.8) is 0 Å². The molecule has 0 saturated heterocycles. The van der Waals surface area contributed by atoms with Crippen molar-refractivity contribution in [1.82, 2.24) is 10.3 Å². The third-order valence-corrected chi connectivity index (χ3v) is 4.00. The van der Waals surface area contributed by atoms with E-state index in [0.29, 0.717) is 12.2 Å². The number of nitrogens with two attached hydrogens (primary N) is 1. The molecule has 23 heavy (non-hydrogen) atoms. The number of nitrogen functional groups attached to an aromatic ring is 1. The number of amides is 1. The molecule has 2 aromatic heterocycles. The summed E-state index contributed by atoms with van der Waals surface area (Å²) in [6.07, 6.45) is 3.10. The van der Waals surface area contributed by atoms with E-state index in [4.69, 9.17) is 10.5 Å². The molecular weight excluding hydrogens is 312 g/mol. The number of hydrogen-bond acceptors (Lipinski definition) is 6. The number of alkyl carbamates (subject to hydrolysis) is 1. The Bertz CT molecular complexity index is 664. The highest BCUT2D eigenvalue weighted by Crippen LogP contribution is 2.31. The molecule has 0 aliphatic rings. The predicted molar refractivity (Wildman–Crippen MR) is 96.0 cm³/mol. The second-order valence-electron chi connectivity index (χ2n) is 6.29. The van der Waals surface area contributed by atoms with Crippen molar-refractivity contribution >= 4 is 39.0 Å². The number of carbonyl (C=O) groups is 1. The van der Waals surface area contributed by atoms with Crippen molar-refractivity contribution in [2.24, 2.45) is 0 Å². The van der Waals surface area contributed by atoms with Crippen LogP contribution in [0.2, 0.25) is 0 Å². The fourth-order valence-electron chi connectivity index (χ4n) is 2.08. The lowest BCUT2D eigenvalue weighted by Gasteiger charge is -2.19. The van der Waals surface area contributed by atoms with Crippen LogP contribution in [0.5, 0.6) is 0 Å². The van der Waals surface area contributed by atoms with Crippen LogP contribution in [0, 0.1) is 0 Å². The first-order valence-corrected chi connectivity index (χ1v) is 8.57. The van der Waals surface area contributed by atoms with Gasteiger partial charge in [0.2, 0.25) is 0 Å². The maximum atomic E-state index is 11.5. The minimum atomic E-state index is -0.462. The lowest BCUT2D eigenvalue weighted by molar-refractivity contribution is 0.0527. The molecule has 0 aliphatic carbocycles. The lowest BCUT2D eigenvalue weighted by atomic mass is 10.2. The normalized spacial score (nSPS) is 11.4. The summed E-state index contributed by atoms with van der Waals surface area (Å²) < 4.78 is 6.26. The van der Waals surface area contributed by atoms with Gasteiger partial charge in [0.25, 0.3) is 0 Å². The summed E-state index contributed by atoms with van der Waals surface area (Å²) >= 11 is 1.63. The van der Waals surface area contributed by atoms with Crippen molar-refractivity contribution in [3.8, 4) is 0 Å². The number of aromatic nitrogens is 1. The van der Waals surface area contributed by atoms with Crippen molar-refractivity contribution in [1.29, 1.82) is 0 Å². The quantitative estimate of drug-likeness (QED) is 0.701. The highest BCUT2D eigenvalue weighted by atomic mass is 32.1. The highest BCUT2D eigenvalue weighted by Gasteiger charge is 2.15. The minimum absolute atomic E-state index is 0.371. The number of thiophene rings is 1. The number of ether oxygens (including phenoxy) is 1. The van der Waals surface area contributed by atoms with E-state index < -0.39 is 5.60 Å². The van der Waals surface area contributed by atoms with E-state index in [1.165, 1.54) is 0 Å². The number of carbonyl (C=O) groups excluding carboxylic acids is 1. The fourth-order valence-corrected chi connectivity index (χ4v) is 2.96. The van der Waals surface area contributed by atoms with E-state index in [9.17, 15) is 4.79 Å². The van der Waals surface area contributed by atoms with Gasteiger partial charge in [-0.1, -0.05) is 0 Å². The number of unbranched alkanes of at least 4 members (excludes halogenated alkanes) is 1. The smallest absolute Gasteiger partial charge is 0.407 e. The molecule has 0 aliphatic heterocycles. The molecule has 0 fully saturated rings. The van der Waals surface area contributed by atoms with Gasteiger partial charge in [0.1, 0.15) is 5.60 Å². The first-order valence-electron chi connectivity index (χ1n) is 7.69. The Kier molecular flexibility index (Phi) is 5.65. The van der Waals surface area contributed by atoms with Gasteiger partial charge in [0.15, 0.2) is 0 Å². The number of pyridine rings is 1. The zero-order chi connectivity index (χ0) is 16.9. The van der Waals surface area contributed by atoms with Gasteiger partial charge in [-0.3, -0.25) is 4.98 Å². The lowest BCUT2D eigenvalue weighted by Crippen LogP contribution is -2.33. The van der Waals surface area contributed by atoms with Crippen LogP contribution in [-0.2, 0) is 4.74 Å². The topological polar surface area (TPSA) is 89.3 Å². The number of nitrogens with one attached hydrogen (secondary N) is 2. The maximum absolute atomic E-state index is 11.5. The second kappa shape index (κ2) is 7.50. The maximum Gasteiger partial charge on any atom is 0.407 e. The van der Waals surface area contributed by atoms with Crippen molar-refractivity contribution in [3.05, 3.63) is 17.6 Å². The molecule has 0 saturated carbocycles. The molecule has 0 unspecified atom stereocenters. The molecule has 0 aromatic carbocycles. The van der Waals surface area contributed by atoms with Gasteiger partial charge in [-0.25, -0.2) is 4.79 Å². The molecule has 7 heteroatoms. The van der Waals surface area contributed by atoms with Crippen molar-refractivity contribution in [2.75, 3.05) is 24.1 Å². The van der Waals surface area contributed by atoms with E-state index in [1.54, 1.807) is 17.5 Å². The molecule has 2 rings (SSSR count). The first kappa shape index (κ1) is 17.3. The summed E-state index contributed by atoms with van der Waals surface area (Å²) in [4.78, 5) is 15.8. The summed E-state index contributed by atoms with van der Waals surface area (Å²) in [5.41, 5.74) is 8.10. The Morgan fingerprint density at radius 1 is 1.35 bits per heavy atom. The van der Waals surface area contributed by atoms with Crippen LogP contribution in [0.1, 0.15) is 33.6 Å². The van der Waals surface area contributed by atoms with Gasteiger partial charge in [-0.2, -0.15) is 0 Å². The summed E-state index contributed by atoms with van der Waals surface area (Å²) in [7, 11) is 0. The number of anilines is 2. The van der Waals surface area contributed by atoms with E-state index >= 15 is 0 Å². The van der Waals surface area contributed by atoms with Gasteiger partial charge in [-0.15, -0.1) is 11.3 Å². The number of rotatable bonds is 6. The van der Waals surface area contributed by atoms with Gasteiger partial charge in [0.05, 0.1) is 27.8 Å². The van der Waals surface area contributed by atoms with E-state index in [0.717, 1.165) is 35.3 Å². The van der Waals surface area contributed by atoms with Crippen LogP contribution >= 0.6 is 11.3 Å². The third-order valence-electron chi connectivity index (χ3n) is 3.08. The standard InChI is InChI=1S/C16H24N4O2S/c1-16(2,3)22-15(21)19-8-5-4-7-18-13-11(17)10-20-12-6-9-23-14(12)13/h6,9-10H,4-5,7-8,17H2,1-3H3,(H,18,20)(H,19,21). The van der Waals surface area contributed by atoms with Crippen LogP contribution in [0.25, 0.3) is 10.2 Å². The number of hydrogen-bond donors (Lipinski definition) is 3. The molecule has 0 atom stereocenters. The molecule has 2 aromatic rings. The molecular formula is C16H24N4O2S. The number of fused-ring (bicyclic) bond motifs is 1. The molecule has 0 radical (unpaired) electrons. The molecule has 4 N–H and O–H groups in total. The Morgan fingerprint density at radius 2 is 2.09 bits per heavy atom. The fraction of sp³-hybridized carbons (Fsp3) is 0.500. The van der Waals surface area contributed by atoms with Gasteiger partial charge >= 0.3 is 6.09 Å². The minimum Gasteiger partial charge on any atom is -0.444 e. The average Bonchev–Trinajstić information content (AvgIpc) is 2.91. The van der Waals surface area contributed by atoms with Gasteiger partial charge in [0, 0.05) is 13.1 Å². The molecule has 1 amide bonds. The molecule has 6 nitrogen and oxygen atoms in total. The average molecular weight is 336 g/mol. The summed E-state index contributed by atoms with van der Waals surface area (Å²) in [6.45, 7) is 6.93. The van der Waals surface area contributed by atoms with Crippen LogP contribution in [0.4, 0.5) is 16.2 Å². The Labute approximate surface area is 140 Å². The Balaban J connectivity index is 1.70. The van der Waals surface area contributed by atoms with Crippen molar-refractivity contribution < 1.29 is 9.53 Å². The van der Waals surface area contributed by atoms with Crippen LogP contribution in [0.15, 0.2) is 17.6 Å². The summed E-state index contributed by atoms with van der Waals surface area (Å²) in [5.74, 6) is 0. The number of nitrogens with zero attached hydrogens (tertiary/aromatic N) is 1. The largest absolute Gasteiger partial charge is 0.444 e. The van der Waals surface area contributed by atoms with E-state index in [1.807, 2.05) is 32.2 Å². The zero-order valence-electron chi connectivity index (χ0n) is 13.8. The first-order chi connectivity index (χ1) is 10.9. The van der Waals surface area contributed by atoms with Gasteiger partial charge < -0.3 is 21.1 Å². The molecule has 0 bridgehead atoms. The third kappa shape index (κ3) is 5.28. The van der Waals surface area contributed by atoms with Gasteiger partial charge in [-0.05, 0) is 45.1 Å².